The Morgan fingerprint density at radius 1 is 0.927 bits per heavy atom. The number of benzene rings is 3. The predicted octanol–water partition coefficient (Wildman–Crippen LogP) is 5.61. The van der Waals surface area contributed by atoms with E-state index in [1.165, 1.54) is 4.31 Å². The minimum absolute atomic E-state index is 0.0707. The SMILES string of the molecule is Cc1ccc(Cl)cc1N(CCCC(=O)N(Cc1ccccc1)[C@@H](Cc1ccccc1)C(=O)NCC(C)C)S(C)(=O)=O. The first-order chi connectivity index (χ1) is 19.5. The number of halogens is 1. The fourth-order valence-electron chi connectivity index (χ4n) is 4.59. The van der Waals surface area contributed by atoms with E-state index in [9.17, 15) is 18.0 Å². The molecule has 0 aliphatic carbocycles. The van der Waals surface area contributed by atoms with Crippen molar-refractivity contribution in [1.82, 2.24) is 10.2 Å². The van der Waals surface area contributed by atoms with E-state index in [0.717, 1.165) is 22.9 Å². The third-order valence-corrected chi connectivity index (χ3v) is 8.16. The van der Waals surface area contributed by atoms with E-state index < -0.39 is 16.1 Å². The first-order valence-electron chi connectivity index (χ1n) is 13.8. The Balaban J connectivity index is 1.87. The zero-order valence-electron chi connectivity index (χ0n) is 24.2. The van der Waals surface area contributed by atoms with Crippen LogP contribution < -0.4 is 9.62 Å². The van der Waals surface area contributed by atoms with Crippen molar-refractivity contribution in [2.24, 2.45) is 5.92 Å². The molecule has 1 atom stereocenters. The Kier molecular flexibility index (Phi) is 11.8. The van der Waals surface area contributed by atoms with Crippen LogP contribution in [0.25, 0.3) is 0 Å². The second-order valence-corrected chi connectivity index (χ2v) is 13.1. The molecule has 3 rings (SSSR count). The zero-order chi connectivity index (χ0) is 30.0. The van der Waals surface area contributed by atoms with Gasteiger partial charge in [0, 0.05) is 37.5 Å². The highest BCUT2D eigenvalue weighted by molar-refractivity contribution is 7.92. The summed E-state index contributed by atoms with van der Waals surface area (Å²) in [5.41, 5.74) is 3.11. The molecule has 0 saturated heterocycles. The summed E-state index contributed by atoms with van der Waals surface area (Å²) in [7, 11) is -3.62. The van der Waals surface area contributed by atoms with Crippen LogP contribution in [0.5, 0.6) is 0 Å². The van der Waals surface area contributed by atoms with Crippen LogP contribution in [0.3, 0.4) is 0 Å². The molecule has 9 heteroatoms. The van der Waals surface area contributed by atoms with Crippen molar-refractivity contribution in [2.75, 3.05) is 23.7 Å². The number of anilines is 1. The lowest BCUT2D eigenvalue weighted by Crippen LogP contribution is -2.51. The summed E-state index contributed by atoms with van der Waals surface area (Å²) in [6, 6.07) is 23.6. The maximum atomic E-state index is 13.9. The summed E-state index contributed by atoms with van der Waals surface area (Å²) in [4.78, 5) is 29.1. The quantitative estimate of drug-likeness (QED) is 0.262. The summed E-state index contributed by atoms with van der Waals surface area (Å²) in [5, 5.41) is 3.45. The molecule has 3 aromatic carbocycles. The molecule has 0 heterocycles. The third-order valence-electron chi connectivity index (χ3n) is 6.74. The average molecular weight is 598 g/mol. The second kappa shape index (κ2) is 15.0. The third kappa shape index (κ3) is 9.90. The lowest BCUT2D eigenvalue weighted by molar-refractivity contribution is -0.141. The molecule has 0 unspecified atom stereocenters. The molecule has 0 aromatic heterocycles. The minimum atomic E-state index is -3.62. The fourth-order valence-corrected chi connectivity index (χ4v) is 5.77. The van der Waals surface area contributed by atoms with Crippen molar-refractivity contribution >= 4 is 39.1 Å². The average Bonchev–Trinajstić information content (AvgIpc) is 2.93. The van der Waals surface area contributed by atoms with Crippen molar-refractivity contribution in [3.63, 3.8) is 0 Å². The molecular weight excluding hydrogens is 558 g/mol. The molecule has 0 aliphatic rings. The van der Waals surface area contributed by atoms with E-state index in [-0.39, 0.29) is 43.7 Å². The number of sulfonamides is 1. The van der Waals surface area contributed by atoms with E-state index >= 15 is 0 Å². The number of amides is 2. The Labute approximate surface area is 249 Å². The normalized spacial score (nSPS) is 12.1. The van der Waals surface area contributed by atoms with Crippen LogP contribution in [0.15, 0.2) is 78.9 Å². The van der Waals surface area contributed by atoms with Gasteiger partial charge in [0.1, 0.15) is 6.04 Å². The van der Waals surface area contributed by atoms with Gasteiger partial charge in [-0.15, -0.1) is 0 Å². The number of hydrogen-bond donors (Lipinski definition) is 1. The van der Waals surface area contributed by atoms with Gasteiger partial charge in [-0.25, -0.2) is 8.42 Å². The highest BCUT2D eigenvalue weighted by Gasteiger charge is 2.30. The van der Waals surface area contributed by atoms with Crippen LogP contribution in [0, 0.1) is 12.8 Å². The topological polar surface area (TPSA) is 86.8 Å². The minimum Gasteiger partial charge on any atom is -0.354 e. The number of rotatable bonds is 14. The van der Waals surface area contributed by atoms with E-state index in [0.29, 0.717) is 23.7 Å². The number of carbonyl (C=O) groups is 2. The number of carbonyl (C=O) groups excluding carboxylic acids is 2. The van der Waals surface area contributed by atoms with Gasteiger partial charge in [-0.05, 0) is 48.1 Å². The Morgan fingerprint density at radius 2 is 1.54 bits per heavy atom. The second-order valence-electron chi connectivity index (χ2n) is 10.7. The highest BCUT2D eigenvalue weighted by atomic mass is 35.5. The molecule has 7 nitrogen and oxygen atoms in total. The number of nitrogens with zero attached hydrogens (tertiary/aromatic N) is 2. The smallest absolute Gasteiger partial charge is 0.243 e. The van der Waals surface area contributed by atoms with Gasteiger partial charge in [-0.2, -0.15) is 0 Å². The summed E-state index contributed by atoms with van der Waals surface area (Å²) >= 11 is 6.17. The van der Waals surface area contributed by atoms with Crippen molar-refractivity contribution < 1.29 is 18.0 Å². The van der Waals surface area contributed by atoms with Gasteiger partial charge >= 0.3 is 0 Å². The number of hydrogen-bond acceptors (Lipinski definition) is 4. The van der Waals surface area contributed by atoms with E-state index in [2.05, 4.69) is 5.32 Å². The molecular formula is C32H40ClN3O4S. The summed E-state index contributed by atoms with van der Waals surface area (Å²) in [5.74, 6) is -0.170. The van der Waals surface area contributed by atoms with Gasteiger partial charge in [-0.1, -0.05) is 92.2 Å². The fraction of sp³-hybridized carbons (Fsp3) is 0.375. The van der Waals surface area contributed by atoms with E-state index in [1.807, 2.05) is 81.4 Å². The predicted molar refractivity (Wildman–Crippen MR) is 166 cm³/mol. The molecule has 0 spiro atoms. The van der Waals surface area contributed by atoms with Crippen LogP contribution in [0.1, 0.15) is 43.4 Å². The molecule has 0 radical (unpaired) electrons. The summed E-state index contributed by atoms with van der Waals surface area (Å²) < 4.78 is 26.7. The van der Waals surface area contributed by atoms with E-state index in [1.54, 1.807) is 23.1 Å². The van der Waals surface area contributed by atoms with Crippen molar-refractivity contribution in [2.45, 2.75) is 52.6 Å². The van der Waals surface area contributed by atoms with Gasteiger partial charge in [-0.3, -0.25) is 13.9 Å². The van der Waals surface area contributed by atoms with Gasteiger partial charge in [0.25, 0.3) is 0 Å². The maximum Gasteiger partial charge on any atom is 0.243 e. The van der Waals surface area contributed by atoms with Crippen LogP contribution in [0.2, 0.25) is 5.02 Å². The first-order valence-corrected chi connectivity index (χ1v) is 16.1. The van der Waals surface area contributed by atoms with Crippen molar-refractivity contribution in [3.05, 3.63) is 101 Å². The Hall–Kier alpha value is -3.36. The molecule has 1 N–H and O–H groups in total. The number of aryl methyl sites for hydroxylation is 1. The largest absolute Gasteiger partial charge is 0.354 e. The molecule has 0 bridgehead atoms. The van der Waals surface area contributed by atoms with Gasteiger partial charge in [0.05, 0.1) is 11.9 Å². The zero-order valence-corrected chi connectivity index (χ0v) is 25.8. The molecule has 2 amide bonds. The molecule has 3 aromatic rings. The first kappa shape index (κ1) is 32.2. The van der Waals surface area contributed by atoms with Crippen molar-refractivity contribution in [3.8, 4) is 0 Å². The Morgan fingerprint density at radius 3 is 2.12 bits per heavy atom. The number of nitrogens with one attached hydrogen (secondary N) is 1. The van der Waals surface area contributed by atoms with Gasteiger partial charge < -0.3 is 10.2 Å². The van der Waals surface area contributed by atoms with Crippen LogP contribution in [0.4, 0.5) is 5.69 Å². The summed E-state index contributed by atoms with van der Waals surface area (Å²) in [6.45, 7) is 6.73. The summed E-state index contributed by atoms with van der Waals surface area (Å²) in [6.07, 6.45) is 1.85. The maximum absolute atomic E-state index is 13.9. The lowest BCUT2D eigenvalue weighted by Gasteiger charge is -2.32. The molecule has 0 saturated carbocycles. The highest BCUT2D eigenvalue weighted by Crippen LogP contribution is 2.27. The van der Waals surface area contributed by atoms with Gasteiger partial charge in [0.15, 0.2) is 0 Å². The Bertz CT molecular complexity index is 1400. The van der Waals surface area contributed by atoms with Gasteiger partial charge in [0.2, 0.25) is 21.8 Å². The lowest BCUT2D eigenvalue weighted by atomic mass is 10.0. The molecule has 220 valence electrons. The van der Waals surface area contributed by atoms with Crippen LogP contribution in [-0.2, 0) is 32.6 Å². The van der Waals surface area contributed by atoms with Crippen molar-refractivity contribution in [1.29, 1.82) is 0 Å². The standard InChI is InChI=1S/C32H40ClN3O4S/c1-24(2)22-34-32(38)30(20-26-12-7-5-8-13-26)35(23-27-14-9-6-10-15-27)31(37)16-11-19-36(41(4,39)40)29-21-28(33)18-17-25(29)3/h5-10,12-15,17-18,21,24,30H,11,16,19-20,22-23H2,1-4H3,(H,34,38)/t30-/m0/s1. The van der Waals surface area contributed by atoms with Crippen LogP contribution >= 0.6 is 11.6 Å². The molecule has 0 aliphatic heterocycles. The van der Waals surface area contributed by atoms with Crippen LogP contribution in [-0.4, -0.2) is 50.5 Å². The molecule has 41 heavy (non-hydrogen) atoms. The molecule has 0 fully saturated rings. The monoisotopic (exact) mass is 597 g/mol. The van der Waals surface area contributed by atoms with E-state index in [4.69, 9.17) is 11.6 Å².